The van der Waals surface area contributed by atoms with Gasteiger partial charge in [0.2, 0.25) is 11.8 Å². The highest BCUT2D eigenvalue weighted by molar-refractivity contribution is 7.92. The molecule has 0 unspecified atom stereocenters. The Balaban J connectivity index is 2.03. The first-order valence-corrected chi connectivity index (χ1v) is 14.9. The molecular weight excluding hydrogens is 550 g/mol. The molecule has 0 radical (unpaired) electrons. The maximum atomic E-state index is 14.0. The number of amides is 2. The highest BCUT2D eigenvalue weighted by atomic mass is 35.5. The number of nitrogens with one attached hydrogen (secondary N) is 1. The summed E-state index contributed by atoms with van der Waals surface area (Å²) in [5.74, 6) is -0.340. The van der Waals surface area contributed by atoms with Gasteiger partial charge in [0.1, 0.15) is 18.3 Å². The Bertz CT molecular complexity index is 1410. The van der Waals surface area contributed by atoms with Gasteiger partial charge in [-0.15, -0.1) is 0 Å². The van der Waals surface area contributed by atoms with Crippen LogP contribution in [0.3, 0.4) is 0 Å². The van der Waals surface area contributed by atoms with E-state index >= 15 is 0 Å². The number of aryl methyl sites for hydroxylation is 1. The third-order valence-corrected chi connectivity index (χ3v) is 8.85. The van der Waals surface area contributed by atoms with Crippen LogP contribution in [-0.4, -0.2) is 50.9 Å². The summed E-state index contributed by atoms with van der Waals surface area (Å²) in [7, 11) is -2.69. The number of hydrogen-bond acceptors (Lipinski definition) is 5. The molecule has 0 aliphatic carbocycles. The average molecular weight is 586 g/mol. The molecule has 40 heavy (non-hydrogen) atoms. The fourth-order valence-electron chi connectivity index (χ4n) is 4.03. The molecule has 2 atom stereocenters. The number of ether oxygens (including phenoxy) is 1. The van der Waals surface area contributed by atoms with Gasteiger partial charge in [0, 0.05) is 17.6 Å². The Morgan fingerprint density at radius 3 is 2.17 bits per heavy atom. The maximum Gasteiger partial charge on any atom is 0.264 e. The second-order valence-corrected chi connectivity index (χ2v) is 11.9. The molecule has 0 spiro atoms. The quantitative estimate of drug-likeness (QED) is 0.316. The van der Waals surface area contributed by atoms with Crippen LogP contribution in [0.25, 0.3) is 0 Å². The minimum absolute atomic E-state index is 0.0101. The summed E-state index contributed by atoms with van der Waals surface area (Å²) in [5.41, 5.74) is 2.08. The van der Waals surface area contributed by atoms with Crippen LogP contribution in [0, 0.1) is 6.92 Å². The number of halogens is 1. The standard InChI is InChI=1S/C30H36ClN3O5S/c1-6-22(3)32-30(36)23(4)33(19-24-10-8-7-9-21(24)2)29(35)20-34(26-13-11-25(31)12-14-26)40(37,38)28-17-15-27(39-5)16-18-28/h7-18,22-23H,6,19-20H2,1-5H3,(H,32,36)/t22-,23+/m0/s1. The van der Waals surface area contributed by atoms with Gasteiger partial charge in [0.05, 0.1) is 17.7 Å². The van der Waals surface area contributed by atoms with Gasteiger partial charge in [-0.1, -0.05) is 42.8 Å². The van der Waals surface area contributed by atoms with Crippen LogP contribution in [0.1, 0.15) is 38.3 Å². The van der Waals surface area contributed by atoms with E-state index in [0.29, 0.717) is 10.8 Å². The molecule has 0 heterocycles. The second kappa shape index (κ2) is 13.7. The monoisotopic (exact) mass is 585 g/mol. The molecule has 10 heteroatoms. The van der Waals surface area contributed by atoms with Crippen LogP contribution >= 0.6 is 11.6 Å². The van der Waals surface area contributed by atoms with Crippen molar-refractivity contribution < 1.29 is 22.7 Å². The molecule has 2 amide bonds. The highest BCUT2D eigenvalue weighted by Crippen LogP contribution is 2.27. The number of benzene rings is 3. The third kappa shape index (κ3) is 7.55. The minimum Gasteiger partial charge on any atom is -0.497 e. The van der Waals surface area contributed by atoms with Gasteiger partial charge in [-0.25, -0.2) is 8.42 Å². The molecule has 8 nitrogen and oxygen atoms in total. The molecule has 0 saturated carbocycles. The summed E-state index contributed by atoms with van der Waals surface area (Å²) in [6.07, 6.45) is 0.731. The second-order valence-electron chi connectivity index (χ2n) is 9.61. The van der Waals surface area contributed by atoms with Gasteiger partial charge in [0.25, 0.3) is 10.0 Å². The van der Waals surface area contributed by atoms with Crippen LogP contribution in [-0.2, 0) is 26.2 Å². The Kier molecular flexibility index (Phi) is 10.6. The lowest BCUT2D eigenvalue weighted by Gasteiger charge is -2.32. The number of carbonyl (C=O) groups is 2. The van der Waals surface area contributed by atoms with Crippen molar-refractivity contribution in [3.8, 4) is 5.75 Å². The lowest BCUT2D eigenvalue weighted by molar-refractivity contribution is -0.139. The summed E-state index contributed by atoms with van der Waals surface area (Å²) in [6.45, 7) is 7.04. The molecule has 0 aromatic heterocycles. The molecule has 0 aliphatic rings. The van der Waals surface area contributed by atoms with Gasteiger partial charge >= 0.3 is 0 Å². The summed E-state index contributed by atoms with van der Waals surface area (Å²) in [6, 6.07) is 18.8. The maximum absolute atomic E-state index is 14.0. The SMILES string of the molecule is CC[C@H](C)NC(=O)[C@@H](C)N(Cc1ccccc1C)C(=O)CN(c1ccc(Cl)cc1)S(=O)(=O)c1ccc(OC)cc1. The van der Waals surface area contributed by atoms with Gasteiger partial charge in [-0.05, 0) is 86.8 Å². The van der Waals surface area contributed by atoms with Gasteiger partial charge in [-0.3, -0.25) is 13.9 Å². The van der Waals surface area contributed by atoms with Crippen molar-refractivity contribution in [1.82, 2.24) is 10.2 Å². The van der Waals surface area contributed by atoms with E-state index in [4.69, 9.17) is 16.3 Å². The first-order chi connectivity index (χ1) is 19.0. The van der Waals surface area contributed by atoms with Crippen molar-refractivity contribution in [2.24, 2.45) is 0 Å². The molecule has 214 valence electrons. The Hall–Kier alpha value is -3.56. The molecule has 0 aliphatic heterocycles. The molecular formula is C30H36ClN3O5S. The summed E-state index contributed by atoms with van der Waals surface area (Å²) in [4.78, 5) is 28.5. The number of carbonyl (C=O) groups excluding carboxylic acids is 2. The molecule has 0 saturated heterocycles. The van der Waals surface area contributed by atoms with Gasteiger partial charge in [0.15, 0.2) is 0 Å². The molecule has 3 aromatic carbocycles. The Labute approximate surface area is 241 Å². The summed E-state index contributed by atoms with van der Waals surface area (Å²) < 4.78 is 34.0. The fourth-order valence-corrected chi connectivity index (χ4v) is 5.57. The van der Waals surface area contributed by atoms with Crippen molar-refractivity contribution >= 4 is 39.1 Å². The number of hydrogen-bond donors (Lipinski definition) is 1. The molecule has 0 bridgehead atoms. The molecule has 3 aromatic rings. The van der Waals surface area contributed by atoms with E-state index in [2.05, 4.69) is 5.32 Å². The topological polar surface area (TPSA) is 96.0 Å². The van der Waals surface area contributed by atoms with Crippen LogP contribution in [0.4, 0.5) is 5.69 Å². The lowest BCUT2D eigenvalue weighted by Crippen LogP contribution is -2.52. The number of anilines is 1. The third-order valence-electron chi connectivity index (χ3n) is 6.81. The van der Waals surface area contributed by atoms with Crippen molar-refractivity contribution in [3.63, 3.8) is 0 Å². The van der Waals surface area contributed by atoms with E-state index in [-0.39, 0.29) is 29.1 Å². The summed E-state index contributed by atoms with van der Waals surface area (Å²) in [5, 5.41) is 3.36. The predicted molar refractivity (Wildman–Crippen MR) is 158 cm³/mol. The van der Waals surface area contributed by atoms with Crippen LogP contribution in [0.5, 0.6) is 5.75 Å². The first kappa shape index (κ1) is 31.0. The largest absolute Gasteiger partial charge is 0.497 e. The minimum atomic E-state index is -4.18. The first-order valence-electron chi connectivity index (χ1n) is 13.0. The highest BCUT2D eigenvalue weighted by Gasteiger charge is 2.33. The van der Waals surface area contributed by atoms with E-state index in [1.807, 2.05) is 45.0 Å². The zero-order valence-electron chi connectivity index (χ0n) is 23.4. The van der Waals surface area contributed by atoms with Crippen molar-refractivity contribution in [2.75, 3.05) is 18.0 Å². The summed E-state index contributed by atoms with van der Waals surface area (Å²) >= 11 is 6.07. The van der Waals surface area contributed by atoms with E-state index < -0.39 is 28.5 Å². The molecule has 1 N–H and O–H groups in total. The average Bonchev–Trinajstić information content (AvgIpc) is 2.95. The number of sulfonamides is 1. The van der Waals surface area contributed by atoms with E-state index in [9.17, 15) is 18.0 Å². The smallest absolute Gasteiger partial charge is 0.264 e. The fraction of sp³-hybridized carbons (Fsp3) is 0.333. The van der Waals surface area contributed by atoms with Gasteiger partial charge in [-0.2, -0.15) is 0 Å². The molecule has 0 fully saturated rings. The normalized spacial score (nSPS) is 12.8. The van der Waals surface area contributed by atoms with E-state index in [1.54, 1.807) is 43.3 Å². The van der Waals surface area contributed by atoms with Gasteiger partial charge < -0.3 is 15.0 Å². The van der Waals surface area contributed by atoms with Crippen molar-refractivity contribution in [2.45, 2.75) is 57.6 Å². The zero-order valence-corrected chi connectivity index (χ0v) is 25.0. The van der Waals surface area contributed by atoms with Crippen LogP contribution < -0.4 is 14.4 Å². The Morgan fingerprint density at radius 2 is 1.60 bits per heavy atom. The number of nitrogens with zero attached hydrogens (tertiary/aromatic N) is 2. The lowest BCUT2D eigenvalue weighted by atomic mass is 10.1. The van der Waals surface area contributed by atoms with E-state index in [0.717, 1.165) is 21.9 Å². The van der Waals surface area contributed by atoms with Crippen molar-refractivity contribution in [1.29, 1.82) is 0 Å². The zero-order chi connectivity index (χ0) is 29.4. The molecule has 3 rings (SSSR count). The number of methoxy groups -OCH3 is 1. The van der Waals surface area contributed by atoms with Crippen LogP contribution in [0.15, 0.2) is 77.7 Å². The van der Waals surface area contributed by atoms with Crippen molar-refractivity contribution in [3.05, 3.63) is 88.9 Å². The van der Waals surface area contributed by atoms with E-state index in [1.165, 1.54) is 24.1 Å². The predicted octanol–water partition coefficient (Wildman–Crippen LogP) is 5.18. The number of rotatable bonds is 12. The van der Waals surface area contributed by atoms with Crippen LogP contribution in [0.2, 0.25) is 5.02 Å². The Morgan fingerprint density at radius 1 is 0.975 bits per heavy atom.